The number of hydrogen-bond donors (Lipinski definition) is 1. The van der Waals surface area contributed by atoms with Gasteiger partial charge >= 0.3 is 0 Å². The fraction of sp³-hybridized carbons (Fsp3) is 0.875. The minimum Gasteiger partial charge on any atom is -0.342 e. The molecular weight excluding hydrogens is 252 g/mol. The Morgan fingerprint density at radius 1 is 1.05 bits per heavy atom. The number of Topliss-reactive ketones (excluding diaryl/α,β-unsaturated/α-hetero) is 1. The van der Waals surface area contributed by atoms with Gasteiger partial charge in [-0.1, -0.05) is 13.8 Å². The molecule has 1 saturated carbocycles. The van der Waals surface area contributed by atoms with Crippen LogP contribution in [0.5, 0.6) is 0 Å². The Kier molecular flexibility index (Phi) is 5.19. The third kappa shape index (κ3) is 2.90. The lowest BCUT2D eigenvalue weighted by molar-refractivity contribution is -0.153. The van der Waals surface area contributed by atoms with Gasteiger partial charge in [0.25, 0.3) is 0 Å². The van der Waals surface area contributed by atoms with E-state index in [0.29, 0.717) is 23.5 Å². The van der Waals surface area contributed by atoms with Crippen molar-refractivity contribution in [3.63, 3.8) is 0 Å². The average Bonchev–Trinajstić information content (AvgIpc) is 2.49. The molecule has 3 heterocycles. The van der Waals surface area contributed by atoms with Crippen molar-refractivity contribution >= 4 is 11.7 Å². The van der Waals surface area contributed by atoms with Crippen LogP contribution in [-0.2, 0) is 9.59 Å². The van der Waals surface area contributed by atoms with Gasteiger partial charge in [-0.15, -0.1) is 0 Å². The highest BCUT2D eigenvalue weighted by molar-refractivity contribution is 5.82. The summed E-state index contributed by atoms with van der Waals surface area (Å²) in [4.78, 5) is 26.0. The zero-order valence-electron chi connectivity index (χ0n) is 13.0. The summed E-state index contributed by atoms with van der Waals surface area (Å²) in [6, 6.07) is 0. The van der Waals surface area contributed by atoms with Gasteiger partial charge in [0.1, 0.15) is 5.78 Å². The Labute approximate surface area is 122 Å². The molecule has 20 heavy (non-hydrogen) atoms. The third-order valence-corrected chi connectivity index (χ3v) is 5.00. The fourth-order valence-corrected chi connectivity index (χ4v) is 4.06. The van der Waals surface area contributed by atoms with E-state index >= 15 is 0 Å². The molecule has 2 bridgehead atoms. The van der Waals surface area contributed by atoms with Crippen LogP contribution in [0.25, 0.3) is 0 Å². The van der Waals surface area contributed by atoms with Crippen LogP contribution in [0.15, 0.2) is 0 Å². The summed E-state index contributed by atoms with van der Waals surface area (Å²) in [6.07, 6.45) is 3.10. The minimum atomic E-state index is 0.222. The number of carbonyl (C=O) groups is 2. The second kappa shape index (κ2) is 6.70. The number of hydrogen-bond acceptors (Lipinski definition) is 3. The SMILES string of the molecule is CC.CC(=O)C1C2CC1CN(C(=O)C1CCNCC1)C2. The van der Waals surface area contributed by atoms with Gasteiger partial charge in [0, 0.05) is 24.9 Å². The molecule has 0 radical (unpaired) electrons. The molecule has 1 N–H and O–H groups in total. The van der Waals surface area contributed by atoms with Crippen LogP contribution < -0.4 is 5.32 Å². The largest absolute Gasteiger partial charge is 0.342 e. The van der Waals surface area contributed by atoms with E-state index in [0.717, 1.165) is 45.4 Å². The quantitative estimate of drug-likeness (QED) is 0.837. The van der Waals surface area contributed by atoms with Crippen molar-refractivity contribution in [2.75, 3.05) is 26.2 Å². The van der Waals surface area contributed by atoms with Gasteiger partial charge in [-0.05, 0) is 51.1 Å². The molecule has 1 amide bonds. The Bertz CT molecular complexity index is 351. The molecule has 3 saturated heterocycles. The highest BCUT2D eigenvalue weighted by Crippen LogP contribution is 2.46. The van der Waals surface area contributed by atoms with Gasteiger partial charge < -0.3 is 10.2 Å². The van der Waals surface area contributed by atoms with Crippen molar-refractivity contribution in [3.05, 3.63) is 0 Å². The summed E-state index contributed by atoms with van der Waals surface area (Å²) >= 11 is 0. The molecule has 3 aliphatic heterocycles. The van der Waals surface area contributed by atoms with E-state index in [1.54, 1.807) is 6.92 Å². The van der Waals surface area contributed by atoms with E-state index in [-0.39, 0.29) is 11.8 Å². The maximum Gasteiger partial charge on any atom is 0.225 e. The summed E-state index contributed by atoms with van der Waals surface area (Å²) in [6.45, 7) is 9.28. The van der Waals surface area contributed by atoms with Gasteiger partial charge in [-0.3, -0.25) is 9.59 Å². The summed E-state index contributed by atoms with van der Waals surface area (Å²) in [5.74, 6) is 2.04. The molecule has 0 aromatic rings. The molecule has 4 rings (SSSR count). The molecule has 4 aliphatic rings. The fourth-order valence-electron chi connectivity index (χ4n) is 4.06. The maximum atomic E-state index is 12.4. The first-order valence-electron chi connectivity index (χ1n) is 8.16. The molecule has 0 aromatic carbocycles. The number of rotatable bonds is 2. The molecule has 0 aromatic heterocycles. The lowest BCUT2D eigenvalue weighted by Crippen LogP contribution is -2.59. The second-order valence-corrected chi connectivity index (χ2v) is 6.16. The topological polar surface area (TPSA) is 49.4 Å². The van der Waals surface area contributed by atoms with E-state index in [9.17, 15) is 9.59 Å². The molecular formula is C16H28N2O2. The maximum absolute atomic E-state index is 12.4. The molecule has 4 fully saturated rings. The minimum absolute atomic E-state index is 0.222. The molecule has 1 aliphatic carbocycles. The molecule has 114 valence electrons. The molecule has 2 unspecified atom stereocenters. The van der Waals surface area contributed by atoms with Crippen LogP contribution in [-0.4, -0.2) is 42.8 Å². The van der Waals surface area contributed by atoms with Crippen LogP contribution in [0.1, 0.15) is 40.0 Å². The predicted molar refractivity (Wildman–Crippen MR) is 79.3 cm³/mol. The average molecular weight is 280 g/mol. The number of carbonyl (C=O) groups excluding carboxylic acids is 2. The highest BCUT2D eigenvalue weighted by Gasteiger charge is 2.50. The number of fused-ring (bicyclic) bond motifs is 2. The summed E-state index contributed by atoms with van der Waals surface area (Å²) in [5, 5.41) is 3.30. The van der Waals surface area contributed by atoms with Gasteiger partial charge in [0.05, 0.1) is 0 Å². The Morgan fingerprint density at radius 3 is 2.10 bits per heavy atom. The van der Waals surface area contributed by atoms with E-state index < -0.39 is 0 Å². The van der Waals surface area contributed by atoms with E-state index in [4.69, 9.17) is 0 Å². The lowest BCUT2D eigenvalue weighted by atomic mass is 9.60. The van der Waals surface area contributed by atoms with Gasteiger partial charge in [-0.25, -0.2) is 0 Å². The van der Waals surface area contributed by atoms with Gasteiger partial charge in [0.2, 0.25) is 5.91 Å². The van der Waals surface area contributed by atoms with Gasteiger partial charge in [0.15, 0.2) is 0 Å². The summed E-state index contributed by atoms with van der Waals surface area (Å²) in [7, 11) is 0. The van der Waals surface area contributed by atoms with Crippen LogP contribution in [0.2, 0.25) is 0 Å². The van der Waals surface area contributed by atoms with Crippen molar-refractivity contribution in [1.29, 1.82) is 0 Å². The standard InChI is InChI=1S/C14H22N2O2.C2H6/c1-9(17)13-11-6-12(13)8-16(7-11)14(18)10-2-4-15-5-3-10;1-2/h10-13,15H,2-8H2,1H3;1-2H3. The predicted octanol–water partition coefficient (Wildman–Crippen LogP) is 1.70. The zero-order chi connectivity index (χ0) is 14.7. The number of amides is 1. The highest BCUT2D eigenvalue weighted by atomic mass is 16.2. The number of piperidine rings is 3. The van der Waals surface area contributed by atoms with Crippen LogP contribution in [0.3, 0.4) is 0 Å². The molecule has 4 heteroatoms. The van der Waals surface area contributed by atoms with Crippen molar-refractivity contribution in [2.24, 2.45) is 23.7 Å². The van der Waals surface area contributed by atoms with Crippen LogP contribution in [0, 0.1) is 23.7 Å². The zero-order valence-corrected chi connectivity index (χ0v) is 13.0. The van der Waals surface area contributed by atoms with E-state index in [1.807, 2.05) is 18.7 Å². The first-order valence-corrected chi connectivity index (χ1v) is 8.16. The third-order valence-electron chi connectivity index (χ3n) is 5.00. The Balaban J connectivity index is 0.000000704. The Hall–Kier alpha value is -0.900. The first-order chi connectivity index (χ1) is 9.66. The Morgan fingerprint density at radius 2 is 1.60 bits per heavy atom. The molecule has 0 spiro atoms. The summed E-state index contributed by atoms with van der Waals surface area (Å²) < 4.78 is 0. The first kappa shape index (κ1) is 15.5. The van der Waals surface area contributed by atoms with E-state index in [2.05, 4.69) is 5.32 Å². The van der Waals surface area contributed by atoms with Crippen molar-refractivity contribution < 1.29 is 9.59 Å². The van der Waals surface area contributed by atoms with Crippen molar-refractivity contribution in [1.82, 2.24) is 10.2 Å². The monoisotopic (exact) mass is 280 g/mol. The number of ketones is 1. The second-order valence-electron chi connectivity index (χ2n) is 6.16. The van der Waals surface area contributed by atoms with Crippen molar-refractivity contribution in [3.8, 4) is 0 Å². The van der Waals surface area contributed by atoms with Crippen LogP contribution in [0.4, 0.5) is 0 Å². The normalized spacial score (nSPS) is 32.8. The smallest absolute Gasteiger partial charge is 0.225 e. The van der Waals surface area contributed by atoms with Gasteiger partial charge in [-0.2, -0.15) is 0 Å². The molecule has 2 atom stereocenters. The van der Waals surface area contributed by atoms with E-state index in [1.165, 1.54) is 0 Å². The number of nitrogens with zero attached hydrogens (tertiary/aromatic N) is 1. The van der Waals surface area contributed by atoms with Crippen molar-refractivity contribution in [2.45, 2.75) is 40.0 Å². The number of nitrogens with one attached hydrogen (secondary N) is 1. The van der Waals surface area contributed by atoms with Crippen LogP contribution >= 0.6 is 0 Å². The molecule has 4 nitrogen and oxygen atoms in total. The summed E-state index contributed by atoms with van der Waals surface area (Å²) in [5.41, 5.74) is 0. The lowest BCUT2D eigenvalue weighted by Gasteiger charge is -2.53.